The van der Waals surface area contributed by atoms with Crippen molar-refractivity contribution in [2.45, 2.75) is 99.7 Å². The van der Waals surface area contributed by atoms with E-state index in [-0.39, 0.29) is 0 Å². The van der Waals surface area contributed by atoms with E-state index in [0.29, 0.717) is 3.43 Å². The van der Waals surface area contributed by atoms with Gasteiger partial charge in [-0.25, -0.2) is 0 Å². The normalized spacial score (nSPS) is 25.3. The molecule has 0 amide bonds. The van der Waals surface area contributed by atoms with Gasteiger partial charge in [0, 0.05) is 0 Å². The van der Waals surface area contributed by atoms with Crippen molar-refractivity contribution in [2.24, 2.45) is 17.8 Å². The molecule has 0 spiro atoms. The minimum absolute atomic E-state index is 0.665. The second-order valence-corrected chi connectivity index (χ2v) is 13.3. The third-order valence-electron chi connectivity index (χ3n) is 7.57. The van der Waals surface area contributed by atoms with Crippen LogP contribution in [0.5, 0.6) is 0 Å². The summed E-state index contributed by atoms with van der Waals surface area (Å²) in [6.45, 7) is 0. The summed E-state index contributed by atoms with van der Waals surface area (Å²) in [7, 11) is 0. The zero-order chi connectivity index (χ0) is 17.0. The Kier molecular flexibility index (Phi) is 6.41. The van der Waals surface area contributed by atoms with E-state index in [1.165, 1.54) is 96.3 Å². The monoisotopic (exact) mass is 449 g/mol. The Morgan fingerprint density at radius 2 is 1.12 bits per heavy atom. The van der Waals surface area contributed by atoms with Crippen LogP contribution in [-0.2, 0) is 0 Å². The predicted molar refractivity (Wildman–Crippen MR) is 104 cm³/mol. The molecule has 0 saturated heterocycles. The zero-order valence-corrected chi connectivity index (χ0v) is 18.7. The van der Waals surface area contributed by atoms with E-state index in [9.17, 15) is 0 Å². The van der Waals surface area contributed by atoms with Crippen LogP contribution in [0, 0.1) is 17.8 Å². The second-order valence-electron chi connectivity index (χ2n) is 8.89. The van der Waals surface area contributed by atoms with Crippen molar-refractivity contribution in [1.29, 1.82) is 0 Å². The molecule has 4 rings (SSSR count). The molecule has 2 radical (unpaired) electrons. The van der Waals surface area contributed by atoms with Crippen LogP contribution >= 0.6 is 0 Å². The van der Waals surface area contributed by atoms with Gasteiger partial charge >= 0.3 is 165 Å². The standard InChI is InChI=1S/C19H33.C2H2N3.Sn/c1-4-10-16(11-5-1)19(17-12-6-2-7-13-17)18-14-8-3-9-15-18;1-3-2-5-4-1;/h16-18H,1-15H2;1-2H;/q;-1;+1. The minimum atomic E-state index is -0.812. The molecule has 3 nitrogen and oxygen atoms in total. The average Bonchev–Trinajstić information content (AvgIpc) is 3.21. The summed E-state index contributed by atoms with van der Waals surface area (Å²) < 4.78 is 3.04. The third kappa shape index (κ3) is 3.96. The topological polar surface area (TPSA) is 30.7 Å². The number of hydrogen-bond acceptors (Lipinski definition) is 2. The molecule has 0 aromatic carbocycles. The van der Waals surface area contributed by atoms with Gasteiger partial charge in [0.05, 0.1) is 0 Å². The van der Waals surface area contributed by atoms with Gasteiger partial charge in [-0.3, -0.25) is 0 Å². The second kappa shape index (κ2) is 8.75. The van der Waals surface area contributed by atoms with Gasteiger partial charge in [-0.15, -0.1) is 0 Å². The van der Waals surface area contributed by atoms with Crippen LogP contribution in [0.3, 0.4) is 0 Å². The SMILES string of the molecule is c1nc[n]([Sn][C](C2CCCCC2)(C2CCCCC2)C2CCCCC2)n1. The first-order chi connectivity index (χ1) is 12.4. The first-order valence-electron chi connectivity index (χ1n) is 11.0. The molecule has 0 bridgehead atoms. The molecule has 138 valence electrons. The number of hydrogen-bond donors (Lipinski definition) is 0. The Hall–Kier alpha value is -0.0613. The maximum atomic E-state index is 4.67. The molecule has 0 unspecified atom stereocenters. The van der Waals surface area contributed by atoms with Crippen LogP contribution in [0.25, 0.3) is 0 Å². The van der Waals surface area contributed by atoms with E-state index >= 15 is 0 Å². The fourth-order valence-electron chi connectivity index (χ4n) is 6.48. The van der Waals surface area contributed by atoms with Gasteiger partial charge in [-0.1, -0.05) is 0 Å². The Balaban J connectivity index is 1.70. The summed E-state index contributed by atoms with van der Waals surface area (Å²) in [5.74, 6) is 3.01. The zero-order valence-electron chi connectivity index (χ0n) is 15.8. The van der Waals surface area contributed by atoms with Gasteiger partial charge in [-0.05, 0) is 0 Å². The Morgan fingerprint density at radius 3 is 1.48 bits per heavy atom. The van der Waals surface area contributed by atoms with Gasteiger partial charge < -0.3 is 0 Å². The molecule has 25 heavy (non-hydrogen) atoms. The molecule has 1 aromatic heterocycles. The molecule has 1 heterocycles. The van der Waals surface area contributed by atoms with Crippen LogP contribution in [0.15, 0.2) is 12.7 Å². The van der Waals surface area contributed by atoms with Gasteiger partial charge in [0.25, 0.3) is 0 Å². The van der Waals surface area contributed by atoms with Crippen LogP contribution in [0.1, 0.15) is 96.3 Å². The number of nitrogens with zero attached hydrogens (tertiary/aromatic N) is 3. The van der Waals surface area contributed by atoms with E-state index in [1.54, 1.807) is 6.33 Å². The number of rotatable bonds is 5. The van der Waals surface area contributed by atoms with Crippen molar-refractivity contribution in [2.75, 3.05) is 0 Å². The van der Waals surface area contributed by atoms with Crippen molar-refractivity contribution in [1.82, 2.24) is 13.0 Å². The van der Waals surface area contributed by atoms with Crippen LogP contribution in [0.4, 0.5) is 0 Å². The molecular formula is C21H35N3Sn. The van der Waals surface area contributed by atoms with Crippen molar-refractivity contribution in [3.05, 3.63) is 12.7 Å². The molecule has 3 fully saturated rings. The third-order valence-corrected chi connectivity index (χ3v) is 13.5. The summed E-state index contributed by atoms with van der Waals surface area (Å²) in [4.78, 5) is 4.34. The molecular weight excluding hydrogens is 413 g/mol. The van der Waals surface area contributed by atoms with Crippen molar-refractivity contribution in [3.63, 3.8) is 0 Å². The molecule has 1 aromatic rings. The Bertz CT molecular complexity index is 452. The van der Waals surface area contributed by atoms with Gasteiger partial charge in [0.2, 0.25) is 0 Å². The molecule has 4 heteroatoms. The van der Waals surface area contributed by atoms with Crippen LogP contribution in [-0.4, -0.2) is 34.4 Å². The van der Waals surface area contributed by atoms with Gasteiger partial charge in [0.15, 0.2) is 0 Å². The van der Waals surface area contributed by atoms with E-state index in [2.05, 4.69) is 19.3 Å². The van der Waals surface area contributed by atoms with Crippen molar-refractivity contribution in [3.8, 4) is 0 Å². The molecule has 0 atom stereocenters. The van der Waals surface area contributed by atoms with Crippen LogP contribution < -0.4 is 0 Å². The maximum absolute atomic E-state index is 4.67. The number of aromatic nitrogens is 3. The van der Waals surface area contributed by atoms with Crippen molar-refractivity contribution < 1.29 is 0 Å². The van der Waals surface area contributed by atoms with E-state index in [0.717, 1.165) is 17.8 Å². The van der Waals surface area contributed by atoms with Crippen molar-refractivity contribution >= 4 is 21.4 Å². The first-order valence-corrected chi connectivity index (χ1v) is 13.7. The summed E-state index contributed by atoms with van der Waals surface area (Å²) in [6.07, 6.45) is 26.3. The molecule has 0 N–H and O–H groups in total. The molecule has 3 aliphatic rings. The predicted octanol–water partition coefficient (Wildman–Crippen LogP) is 5.65. The van der Waals surface area contributed by atoms with E-state index < -0.39 is 21.4 Å². The summed E-state index contributed by atoms with van der Waals surface area (Å²) in [5.41, 5.74) is 0. The summed E-state index contributed by atoms with van der Waals surface area (Å²) in [5, 5.41) is 4.67. The molecule has 0 aliphatic heterocycles. The first kappa shape index (κ1) is 18.3. The summed E-state index contributed by atoms with van der Waals surface area (Å²) in [6, 6.07) is 0. The summed E-state index contributed by atoms with van der Waals surface area (Å²) >= 11 is -0.812. The fourth-order valence-corrected chi connectivity index (χ4v) is 12.3. The average molecular weight is 448 g/mol. The fraction of sp³-hybridized carbons (Fsp3) is 0.905. The Labute approximate surface area is 164 Å². The van der Waals surface area contributed by atoms with E-state index in [1.807, 2.05) is 0 Å². The van der Waals surface area contributed by atoms with Gasteiger partial charge in [-0.2, -0.15) is 0 Å². The quantitative estimate of drug-likeness (QED) is 0.546. The molecule has 3 aliphatic carbocycles. The Morgan fingerprint density at radius 1 is 0.680 bits per heavy atom. The van der Waals surface area contributed by atoms with Crippen LogP contribution in [0.2, 0.25) is 3.43 Å². The van der Waals surface area contributed by atoms with Gasteiger partial charge in [0.1, 0.15) is 0 Å². The van der Waals surface area contributed by atoms with E-state index in [4.69, 9.17) is 0 Å². The molecule has 3 saturated carbocycles.